The van der Waals surface area contributed by atoms with Crippen LogP contribution in [0.15, 0.2) is 18.2 Å². The predicted octanol–water partition coefficient (Wildman–Crippen LogP) is 2.54. The number of hydrogen-bond acceptors (Lipinski definition) is 1. The predicted molar refractivity (Wildman–Crippen MR) is 52.0 cm³/mol. The van der Waals surface area contributed by atoms with Gasteiger partial charge in [0.1, 0.15) is 5.82 Å². The van der Waals surface area contributed by atoms with E-state index in [9.17, 15) is 17.6 Å². The van der Waals surface area contributed by atoms with Crippen molar-refractivity contribution in [2.75, 3.05) is 6.54 Å². The van der Waals surface area contributed by atoms with E-state index < -0.39 is 17.6 Å². The van der Waals surface area contributed by atoms with E-state index in [2.05, 4.69) is 11.8 Å². The van der Waals surface area contributed by atoms with Gasteiger partial charge in [-0.3, -0.25) is 0 Å². The summed E-state index contributed by atoms with van der Waals surface area (Å²) in [5.74, 6) is 4.04. The van der Waals surface area contributed by atoms with Crippen LogP contribution in [0.25, 0.3) is 0 Å². The molecule has 5 heteroatoms. The molecule has 0 aromatic heterocycles. The normalized spacial score (nSPS) is 10.8. The molecule has 0 saturated heterocycles. The van der Waals surface area contributed by atoms with Crippen LogP contribution in [0, 0.1) is 17.7 Å². The van der Waals surface area contributed by atoms with Gasteiger partial charge in [0.2, 0.25) is 0 Å². The van der Waals surface area contributed by atoms with Gasteiger partial charge in [0.25, 0.3) is 0 Å². The minimum Gasteiger partial charge on any atom is -0.330 e. The molecule has 0 bridgehead atoms. The summed E-state index contributed by atoms with van der Waals surface area (Å²) in [7, 11) is 0. The molecule has 16 heavy (non-hydrogen) atoms. The smallest absolute Gasteiger partial charge is 0.330 e. The highest BCUT2D eigenvalue weighted by molar-refractivity contribution is 5.39. The lowest BCUT2D eigenvalue weighted by atomic mass is 10.1. The van der Waals surface area contributed by atoms with Crippen molar-refractivity contribution in [2.45, 2.75) is 12.6 Å². The molecule has 0 radical (unpaired) electrons. The Morgan fingerprint density at radius 2 is 1.94 bits per heavy atom. The number of halogens is 4. The van der Waals surface area contributed by atoms with E-state index in [1.54, 1.807) is 0 Å². The number of alkyl halides is 3. The van der Waals surface area contributed by atoms with Crippen LogP contribution in [-0.4, -0.2) is 6.54 Å². The Morgan fingerprint density at radius 3 is 2.50 bits per heavy atom. The lowest BCUT2D eigenvalue weighted by Crippen LogP contribution is -2.05. The highest BCUT2D eigenvalue weighted by Gasteiger charge is 2.30. The fourth-order valence-corrected chi connectivity index (χ4v) is 1.03. The Bertz CT molecular complexity index is 426. The molecule has 0 spiro atoms. The van der Waals surface area contributed by atoms with Crippen molar-refractivity contribution in [3.63, 3.8) is 0 Å². The Morgan fingerprint density at radius 1 is 1.25 bits per heavy atom. The van der Waals surface area contributed by atoms with Crippen molar-refractivity contribution in [2.24, 2.45) is 5.73 Å². The molecule has 0 saturated carbocycles. The summed E-state index contributed by atoms with van der Waals surface area (Å²) in [6.07, 6.45) is -4.17. The van der Waals surface area contributed by atoms with Gasteiger partial charge in [0.05, 0.1) is 11.1 Å². The summed E-state index contributed by atoms with van der Waals surface area (Å²) in [5.41, 5.74) is 3.98. The highest BCUT2D eigenvalue weighted by Crippen LogP contribution is 2.30. The maximum Gasteiger partial charge on any atom is 0.416 e. The van der Waals surface area contributed by atoms with Gasteiger partial charge < -0.3 is 5.73 Å². The van der Waals surface area contributed by atoms with Gasteiger partial charge in [0, 0.05) is 13.0 Å². The van der Waals surface area contributed by atoms with Gasteiger partial charge in [-0.2, -0.15) is 13.2 Å². The Kier molecular flexibility index (Phi) is 3.91. The van der Waals surface area contributed by atoms with Crippen LogP contribution in [0.4, 0.5) is 17.6 Å². The third-order valence-electron chi connectivity index (χ3n) is 1.79. The van der Waals surface area contributed by atoms with E-state index in [-0.39, 0.29) is 12.1 Å². The first kappa shape index (κ1) is 12.5. The number of nitrogens with two attached hydrogens (primary N) is 1. The van der Waals surface area contributed by atoms with Gasteiger partial charge in [-0.05, 0) is 18.2 Å². The minimum atomic E-state index is -4.49. The molecular weight excluding hydrogens is 222 g/mol. The lowest BCUT2D eigenvalue weighted by molar-refractivity contribution is -0.137. The molecule has 0 heterocycles. The highest BCUT2D eigenvalue weighted by atomic mass is 19.4. The molecule has 0 aliphatic carbocycles. The molecule has 1 aromatic rings. The first-order valence-corrected chi connectivity index (χ1v) is 4.51. The van der Waals surface area contributed by atoms with E-state index in [1.807, 2.05) is 0 Å². The van der Waals surface area contributed by atoms with Crippen LogP contribution in [0.2, 0.25) is 0 Å². The van der Waals surface area contributed by atoms with E-state index in [4.69, 9.17) is 5.73 Å². The average Bonchev–Trinajstić information content (AvgIpc) is 2.19. The second-order valence-electron chi connectivity index (χ2n) is 3.03. The third kappa shape index (κ3) is 3.24. The van der Waals surface area contributed by atoms with Crippen molar-refractivity contribution in [3.05, 3.63) is 35.1 Å². The van der Waals surface area contributed by atoms with Gasteiger partial charge >= 0.3 is 6.18 Å². The molecule has 0 amide bonds. The molecule has 0 unspecified atom stereocenters. The maximum atomic E-state index is 13.1. The summed E-state index contributed by atoms with van der Waals surface area (Å²) in [4.78, 5) is 0. The minimum absolute atomic E-state index is 0.261. The van der Waals surface area contributed by atoms with Crippen molar-refractivity contribution in [1.82, 2.24) is 0 Å². The topological polar surface area (TPSA) is 26.0 Å². The molecule has 0 aliphatic rings. The maximum absolute atomic E-state index is 13.1. The van der Waals surface area contributed by atoms with Gasteiger partial charge in [-0.1, -0.05) is 11.8 Å². The number of rotatable bonds is 1. The fourth-order valence-electron chi connectivity index (χ4n) is 1.03. The first-order chi connectivity index (χ1) is 7.45. The number of benzene rings is 1. The third-order valence-corrected chi connectivity index (χ3v) is 1.79. The summed E-state index contributed by atoms with van der Waals surface area (Å²) in [6.45, 7) is 0.285. The summed E-state index contributed by atoms with van der Waals surface area (Å²) in [6, 6.07) is 2.14. The summed E-state index contributed by atoms with van der Waals surface area (Å²) < 4.78 is 50.0. The molecular formula is C11H9F4N. The molecule has 0 aliphatic heterocycles. The quantitative estimate of drug-likeness (QED) is 0.583. The second-order valence-corrected chi connectivity index (χ2v) is 3.03. The largest absolute Gasteiger partial charge is 0.416 e. The van der Waals surface area contributed by atoms with E-state index >= 15 is 0 Å². The SMILES string of the molecule is NCCC#Cc1cc(C(F)(F)F)ccc1F. The lowest BCUT2D eigenvalue weighted by Gasteiger charge is -2.06. The average molecular weight is 231 g/mol. The van der Waals surface area contributed by atoms with Crippen LogP contribution in [0.3, 0.4) is 0 Å². The molecule has 1 aromatic carbocycles. The van der Waals surface area contributed by atoms with Gasteiger partial charge in [-0.15, -0.1) is 0 Å². The molecule has 0 atom stereocenters. The van der Waals surface area contributed by atoms with Crippen LogP contribution in [0.5, 0.6) is 0 Å². The van der Waals surface area contributed by atoms with E-state index in [0.717, 1.165) is 6.07 Å². The fraction of sp³-hybridized carbons (Fsp3) is 0.273. The Balaban J connectivity index is 3.06. The van der Waals surface area contributed by atoms with E-state index in [1.165, 1.54) is 0 Å². The first-order valence-electron chi connectivity index (χ1n) is 4.51. The summed E-state index contributed by atoms with van der Waals surface area (Å²) >= 11 is 0. The molecule has 86 valence electrons. The number of hydrogen-bond donors (Lipinski definition) is 1. The molecule has 2 N–H and O–H groups in total. The van der Waals surface area contributed by atoms with Crippen molar-refractivity contribution >= 4 is 0 Å². The van der Waals surface area contributed by atoms with E-state index in [0.29, 0.717) is 18.6 Å². The Hall–Kier alpha value is -1.54. The van der Waals surface area contributed by atoms with Crippen LogP contribution in [-0.2, 0) is 6.18 Å². The standard InChI is InChI=1S/C11H9F4N/c12-10-5-4-9(11(13,14)15)7-8(10)3-1-2-6-16/h4-5,7H,2,6,16H2. The van der Waals surface area contributed by atoms with Crippen molar-refractivity contribution < 1.29 is 17.6 Å². The molecule has 1 nitrogen and oxygen atoms in total. The molecule has 0 fully saturated rings. The van der Waals surface area contributed by atoms with Crippen LogP contribution in [0.1, 0.15) is 17.5 Å². The zero-order valence-corrected chi connectivity index (χ0v) is 8.24. The zero-order valence-electron chi connectivity index (χ0n) is 8.24. The van der Waals surface area contributed by atoms with Crippen LogP contribution >= 0.6 is 0 Å². The van der Waals surface area contributed by atoms with Gasteiger partial charge in [-0.25, -0.2) is 4.39 Å². The summed E-state index contributed by atoms with van der Waals surface area (Å²) in [5, 5.41) is 0. The van der Waals surface area contributed by atoms with Crippen molar-refractivity contribution in [3.8, 4) is 11.8 Å². The Labute approximate surface area is 90.3 Å². The monoisotopic (exact) mass is 231 g/mol. The van der Waals surface area contributed by atoms with Crippen molar-refractivity contribution in [1.29, 1.82) is 0 Å². The second kappa shape index (κ2) is 4.99. The molecule has 1 rings (SSSR count). The van der Waals surface area contributed by atoms with Gasteiger partial charge in [0.15, 0.2) is 0 Å². The zero-order chi connectivity index (χ0) is 12.2. The van der Waals surface area contributed by atoms with Crippen LogP contribution < -0.4 is 5.73 Å².